The van der Waals surface area contributed by atoms with E-state index >= 15 is 0 Å². The molecule has 0 spiro atoms. The standard InChI is InChI=1S/C9H10ClN3O2/c1-3-6(2)12-9-8(10)4-7(5-11-9)13(14)15/h3-6H,1H2,2H3,(H,11,12). The molecule has 1 atom stereocenters. The van der Waals surface area contributed by atoms with Gasteiger partial charge in [0, 0.05) is 12.1 Å². The minimum atomic E-state index is -0.542. The molecular formula is C9H10ClN3O2. The van der Waals surface area contributed by atoms with Crippen molar-refractivity contribution in [1.82, 2.24) is 4.98 Å². The first-order valence-electron chi connectivity index (χ1n) is 4.23. The van der Waals surface area contributed by atoms with E-state index in [1.807, 2.05) is 6.92 Å². The summed E-state index contributed by atoms with van der Waals surface area (Å²) in [5.41, 5.74) is -0.128. The number of nitro groups is 1. The molecule has 1 heterocycles. The molecule has 1 unspecified atom stereocenters. The van der Waals surface area contributed by atoms with Crippen LogP contribution in [0.2, 0.25) is 5.02 Å². The highest BCUT2D eigenvalue weighted by Gasteiger charge is 2.11. The summed E-state index contributed by atoms with van der Waals surface area (Å²) in [6, 6.07) is 1.25. The lowest BCUT2D eigenvalue weighted by Gasteiger charge is -2.10. The second kappa shape index (κ2) is 4.75. The Hall–Kier alpha value is -1.62. The van der Waals surface area contributed by atoms with Gasteiger partial charge in [0.15, 0.2) is 0 Å². The van der Waals surface area contributed by atoms with Crippen molar-refractivity contribution in [3.63, 3.8) is 0 Å². The number of nitrogens with zero attached hydrogens (tertiary/aromatic N) is 2. The second-order valence-corrected chi connectivity index (χ2v) is 3.36. The Bertz CT molecular complexity index is 395. The molecule has 0 saturated carbocycles. The van der Waals surface area contributed by atoms with Crippen molar-refractivity contribution < 1.29 is 4.92 Å². The van der Waals surface area contributed by atoms with Gasteiger partial charge in [-0.1, -0.05) is 17.7 Å². The summed E-state index contributed by atoms with van der Waals surface area (Å²) >= 11 is 5.81. The van der Waals surface area contributed by atoms with Crippen LogP contribution in [0.15, 0.2) is 24.9 Å². The van der Waals surface area contributed by atoms with E-state index < -0.39 is 4.92 Å². The lowest BCUT2D eigenvalue weighted by molar-refractivity contribution is -0.385. The van der Waals surface area contributed by atoms with Crippen molar-refractivity contribution in [3.05, 3.63) is 40.1 Å². The zero-order chi connectivity index (χ0) is 11.4. The molecule has 0 aliphatic carbocycles. The lowest BCUT2D eigenvalue weighted by Crippen LogP contribution is -2.12. The predicted octanol–water partition coefficient (Wildman–Crippen LogP) is 2.63. The van der Waals surface area contributed by atoms with Crippen molar-refractivity contribution in [2.45, 2.75) is 13.0 Å². The first kappa shape index (κ1) is 11.5. The SMILES string of the molecule is C=CC(C)Nc1ncc([N+](=O)[O-])cc1Cl. The Morgan fingerprint density at radius 2 is 2.47 bits per heavy atom. The largest absolute Gasteiger partial charge is 0.363 e. The van der Waals surface area contributed by atoms with Gasteiger partial charge in [0.2, 0.25) is 0 Å². The Morgan fingerprint density at radius 3 is 2.93 bits per heavy atom. The fourth-order valence-corrected chi connectivity index (χ4v) is 1.12. The van der Waals surface area contributed by atoms with Gasteiger partial charge in [-0.3, -0.25) is 10.1 Å². The van der Waals surface area contributed by atoms with Crippen LogP contribution < -0.4 is 5.32 Å². The summed E-state index contributed by atoms with van der Waals surface area (Å²) < 4.78 is 0. The second-order valence-electron chi connectivity index (χ2n) is 2.95. The highest BCUT2D eigenvalue weighted by atomic mass is 35.5. The van der Waals surface area contributed by atoms with E-state index in [0.717, 1.165) is 6.20 Å². The van der Waals surface area contributed by atoms with E-state index in [4.69, 9.17) is 11.6 Å². The molecule has 0 aliphatic rings. The van der Waals surface area contributed by atoms with Gasteiger partial charge in [-0.2, -0.15) is 0 Å². The third-order valence-corrected chi connectivity index (χ3v) is 2.04. The number of rotatable bonds is 4. The molecule has 0 aromatic carbocycles. The van der Waals surface area contributed by atoms with E-state index in [1.54, 1.807) is 6.08 Å². The highest BCUT2D eigenvalue weighted by Crippen LogP contribution is 2.24. The molecule has 0 saturated heterocycles. The number of aromatic nitrogens is 1. The Morgan fingerprint density at radius 1 is 1.80 bits per heavy atom. The normalized spacial score (nSPS) is 11.9. The molecule has 6 heteroatoms. The molecule has 1 aromatic heterocycles. The molecule has 0 bridgehead atoms. The van der Waals surface area contributed by atoms with Crippen LogP contribution in [0.1, 0.15) is 6.92 Å². The number of anilines is 1. The maximum atomic E-state index is 10.4. The monoisotopic (exact) mass is 227 g/mol. The molecule has 0 radical (unpaired) electrons. The van der Waals surface area contributed by atoms with Gasteiger partial charge in [-0.25, -0.2) is 4.98 Å². The third kappa shape index (κ3) is 2.92. The number of nitrogens with one attached hydrogen (secondary N) is 1. The van der Waals surface area contributed by atoms with Crippen LogP contribution in [-0.2, 0) is 0 Å². The smallest absolute Gasteiger partial charge is 0.289 e. The number of pyridine rings is 1. The number of halogens is 1. The van der Waals surface area contributed by atoms with Gasteiger partial charge >= 0.3 is 0 Å². The van der Waals surface area contributed by atoms with Gasteiger partial charge in [0.05, 0.1) is 9.95 Å². The van der Waals surface area contributed by atoms with Crippen molar-refractivity contribution >= 4 is 23.1 Å². The summed E-state index contributed by atoms with van der Waals surface area (Å²) in [6.45, 7) is 5.46. The zero-order valence-electron chi connectivity index (χ0n) is 8.11. The fraction of sp³-hybridized carbons (Fsp3) is 0.222. The van der Waals surface area contributed by atoms with Crippen LogP contribution in [0.3, 0.4) is 0 Å². The average Bonchev–Trinajstić information content (AvgIpc) is 2.20. The van der Waals surface area contributed by atoms with Crippen LogP contribution in [0.25, 0.3) is 0 Å². The Balaban J connectivity index is 2.93. The molecule has 1 aromatic rings. The maximum absolute atomic E-state index is 10.4. The van der Waals surface area contributed by atoms with Crippen LogP contribution in [0.5, 0.6) is 0 Å². The van der Waals surface area contributed by atoms with Crippen molar-refractivity contribution in [2.75, 3.05) is 5.32 Å². The van der Waals surface area contributed by atoms with Crippen molar-refractivity contribution in [2.24, 2.45) is 0 Å². The van der Waals surface area contributed by atoms with Crippen LogP contribution >= 0.6 is 11.6 Å². The van der Waals surface area contributed by atoms with Crippen LogP contribution in [0.4, 0.5) is 11.5 Å². The lowest BCUT2D eigenvalue weighted by atomic mass is 10.3. The van der Waals surface area contributed by atoms with Crippen LogP contribution in [-0.4, -0.2) is 15.9 Å². The minimum absolute atomic E-state index is 0.00328. The first-order chi connectivity index (χ1) is 7.04. The molecular weight excluding hydrogens is 218 g/mol. The summed E-state index contributed by atoms with van der Waals surface area (Å²) in [7, 11) is 0. The third-order valence-electron chi connectivity index (χ3n) is 1.76. The molecule has 5 nitrogen and oxygen atoms in total. The quantitative estimate of drug-likeness (QED) is 0.488. The summed E-state index contributed by atoms with van der Waals surface area (Å²) in [6.07, 6.45) is 2.84. The molecule has 1 N–H and O–H groups in total. The highest BCUT2D eigenvalue weighted by molar-refractivity contribution is 6.33. The first-order valence-corrected chi connectivity index (χ1v) is 4.61. The molecule has 15 heavy (non-hydrogen) atoms. The van der Waals surface area contributed by atoms with Gasteiger partial charge in [0.1, 0.15) is 12.0 Å². The predicted molar refractivity (Wildman–Crippen MR) is 59.2 cm³/mol. The van der Waals surface area contributed by atoms with Crippen molar-refractivity contribution in [1.29, 1.82) is 0 Å². The van der Waals surface area contributed by atoms with Gasteiger partial charge in [-0.15, -0.1) is 6.58 Å². The maximum Gasteiger partial charge on any atom is 0.289 e. The van der Waals surface area contributed by atoms with Gasteiger partial charge in [0.25, 0.3) is 5.69 Å². The zero-order valence-corrected chi connectivity index (χ0v) is 8.86. The van der Waals surface area contributed by atoms with E-state index in [2.05, 4.69) is 16.9 Å². The Kier molecular flexibility index (Phi) is 3.62. The number of hydrogen-bond acceptors (Lipinski definition) is 4. The van der Waals surface area contributed by atoms with Gasteiger partial charge in [-0.05, 0) is 6.92 Å². The summed E-state index contributed by atoms with van der Waals surface area (Å²) in [5.74, 6) is 0.412. The minimum Gasteiger partial charge on any atom is -0.363 e. The molecule has 1 rings (SSSR count). The van der Waals surface area contributed by atoms with Crippen molar-refractivity contribution in [3.8, 4) is 0 Å². The van der Waals surface area contributed by atoms with E-state index in [9.17, 15) is 10.1 Å². The Labute approximate surface area is 91.9 Å². The fourth-order valence-electron chi connectivity index (χ4n) is 0.908. The van der Waals surface area contributed by atoms with Crippen LogP contribution in [0, 0.1) is 10.1 Å². The van der Waals surface area contributed by atoms with E-state index in [-0.39, 0.29) is 16.8 Å². The average molecular weight is 228 g/mol. The van der Waals surface area contributed by atoms with E-state index in [0.29, 0.717) is 5.82 Å². The molecule has 0 aliphatic heterocycles. The summed E-state index contributed by atoms with van der Waals surface area (Å²) in [5, 5.41) is 13.6. The van der Waals surface area contributed by atoms with E-state index in [1.165, 1.54) is 6.07 Å². The van der Waals surface area contributed by atoms with Gasteiger partial charge < -0.3 is 5.32 Å². The molecule has 80 valence electrons. The topological polar surface area (TPSA) is 68.1 Å². The molecule has 0 amide bonds. The molecule has 0 fully saturated rings. The number of hydrogen-bond donors (Lipinski definition) is 1. The summed E-state index contributed by atoms with van der Waals surface area (Å²) in [4.78, 5) is 13.7.